The number of hydrogen-bond acceptors (Lipinski definition) is 3. The molecule has 0 saturated carbocycles. The molecule has 126 valence electrons. The van der Waals surface area contributed by atoms with Gasteiger partial charge in [-0.1, -0.05) is 49.0 Å². The fourth-order valence-electron chi connectivity index (χ4n) is 2.97. The molecule has 0 heterocycles. The van der Waals surface area contributed by atoms with Crippen LogP contribution in [0.25, 0.3) is 16.7 Å². The summed E-state index contributed by atoms with van der Waals surface area (Å²) in [6.45, 7) is 7.20. The number of hydrogen-bond donors (Lipinski definition) is 3. The molecule has 0 fully saturated rings. The summed E-state index contributed by atoms with van der Waals surface area (Å²) >= 11 is 0. The molecule has 0 aliphatic carbocycles. The Morgan fingerprint density at radius 1 is 0.880 bits per heavy atom. The summed E-state index contributed by atoms with van der Waals surface area (Å²) in [5, 5.41) is 3.40. The molecule has 0 spiro atoms. The third-order valence-electron chi connectivity index (χ3n) is 4.19. The molecule has 0 saturated heterocycles. The smallest absolute Gasteiger partial charge is 0.0440 e. The van der Waals surface area contributed by atoms with Crippen LogP contribution in [0.3, 0.4) is 0 Å². The Kier molecular flexibility index (Phi) is 4.75. The fourth-order valence-corrected chi connectivity index (χ4v) is 2.97. The molecule has 3 aromatic carbocycles. The lowest BCUT2D eigenvalue weighted by atomic mass is 9.90. The van der Waals surface area contributed by atoms with Crippen LogP contribution in [0.15, 0.2) is 73.3 Å². The van der Waals surface area contributed by atoms with Crippen LogP contribution in [0.2, 0.25) is 0 Å². The predicted molar refractivity (Wildman–Crippen MR) is 109 cm³/mol. The van der Waals surface area contributed by atoms with Crippen molar-refractivity contribution < 1.29 is 0 Å². The minimum atomic E-state index is 0.719. The van der Waals surface area contributed by atoms with Crippen molar-refractivity contribution in [1.29, 1.82) is 0 Å². The molecule has 0 amide bonds. The fraction of sp³-hybridized carbons (Fsp3) is 0.0909. The first-order valence-electron chi connectivity index (χ1n) is 8.38. The van der Waals surface area contributed by atoms with Crippen molar-refractivity contribution in [3.05, 3.63) is 84.4 Å². The summed E-state index contributed by atoms with van der Waals surface area (Å²) < 4.78 is 0. The first-order valence-corrected chi connectivity index (χ1v) is 8.38. The van der Waals surface area contributed by atoms with E-state index in [-0.39, 0.29) is 0 Å². The monoisotopic (exact) mass is 329 g/mol. The van der Waals surface area contributed by atoms with E-state index in [2.05, 4.69) is 31.0 Å². The minimum absolute atomic E-state index is 0.719. The van der Waals surface area contributed by atoms with E-state index in [9.17, 15) is 0 Å². The van der Waals surface area contributed by atoms with Gasteiger partial charge in [-0.15, -0.1) is 0 Å². The molecule has 3 aromatic rings. The topological polar surface area (TPSA) is 64.1 Å². The molecule has 0 unspecified atom stereocenters. The molecule has 5 N–H and O–H groups in total. The lowest BCUT2D eigenvalue weighted by molar-refractivity contribution is 1.21. The Hall–Kier alpha value is -3.20. The van der Waals surface area contributed by atoms with Crippen molar-refractivity contribution in [3.8, 4) is 11.1 Å². The highest BCUT2D eigenvalue weighted by Gasteiger charge is 2.13. The average molecular weight is 329 g/mol. The van der Waals surface area contributed by atoms with E-state index < -0.39 is 0 Å². The lowest BCUT2D eigenvalue weighted by Crippen LogP contribution is -2.01. The number of nitrogen functional groups attached to an aromatic ring is 2. The number of benzene rings is 3. The maximum absolute atomic E-state index is 6.07. The first kappa shape index (κ1) is 16.7. The Morgan fingerprint density at radius 2 is 1.52 bits per heavy atom. The third-order valence-corrected chi connectivity index (χ3v) is 4.19. The van der Waals surface area contributed by atoms with Gasteiger partial charge in [-0.3, -0.25) is 0 Å². The molecular weight excluding hydrogens is 306 g/mol. The zero-order valence-electron chi connectivity index (χ0n) is 14.4. The van der Waals surface area contributed by atoms with E-state index in [4.69, 9.17) is 11.5 Å². The van der Waals surface area contributed by atoms with Crippen molar-refractivity contribution in [2.45, 2.75) is 6.92 Å². The molecular formula is C22H23N3. The highest BCUT2D eigenvalue weighted by atomic mass is 14.9. The van der Waals surface area contributed by atoms with Gasteiger partial charge in [0.25, 0.3) is 0 Å². The van der Waals surface area contributed by atoms with Crippen LogP contribution in [-0.2, 0) is 0 Å². The molecule has 0 aliphatic rings. The molecule has 25 heavy (non-hydrogen) atoms. The van der Waals surface area contributed by atoms with Crippen LogP contribution in [-0.4, -0.2) is 6.54 Å². The predicted octanol–water partition coefficient (Wildman–Crippen LogP) is 5.01. The summed E-state index contributed by atoms with van der Waals surface area (Å²) in [6, 6.07) is 22.0. The SMILES string of the molecule is C=C(c1ccccc1)c1cc(N)ccc1-c1ccc(N)cc1NCC. The van der Waals surface area contributed by atoms with Crippen LogP contribution < -0.4 is 16.8 Å². The molecule has 3 rings (SSSR count). The van der Waals surface area contributed by atoms with E-state index in [1.54, 1.807) is 0 Å². The standard InChI is InChI=1S/C22H23N3/c1-3-25-22-14-18(24)10-12-20(22)19-11-9-17(23)13-21(19)15(2)16-7-5-4-6-8-16/h4-14,25H,2-3,23-24H2,1H3. The quantitative estimate of drug-likeness (QED) is 0.576. The second kappa shape index (κ2) is 7.14. The van der Waals surface area contributed by atoms with Gasteiger partial charge in [-0.05, 0) is 53.5 Å². The molecule has 0 atom stereocenters. The normalized spacial score (nSPS) is 10.4. The van der Waals surface area contributed by atoms with Gasteiger partial charge in [-0.2, -0.15) is 0 Å². The van der Waals surface area contributed by atoms with E-state index in [0.29, 0.717) is 0 Å². The van der Waals surface area contributed by atoms with Gasteiger partial charge in [0.05, 0.1) is 0 Å². The second-order valence-corrected chi connectivity index (χ2v) is 5.98. The van der Waals surface area contributed by atoms with Gasteiger partial charge in [0.2, 0.25) is 0 Å². The van der Waals surface area contributed by atoms with Gasteiger partial charge in [0.15, 0.2) is 0 Å². The molecule has 0 aromatic heterocycles. The second-order valence-electron chi connectivity index (χ2n) is 5.98. The van der Waals surface area contributed by atoms with Gasteiger partial charge in [-0.25, -0.2) is 0 Å². The highest BCUT2D eigenvalue weighted by Crippen LogP contribution is 2.37. The molecule has 0 radical (unpaired) electrons. The summed E-state index contributed by atoms with van der Waals surface area (Å²) in [5.41, 5.74) is 19.7. The summed E-state index contributed by atoms with van der Waals surface area (Å²) in [4.78, 5) is 0. The Bertz CT molecular complexity index is 898. The van der Waals surface area contributed by atoms with Crippen LogP contribution >= 0.6 is 0 Å². The van der Waals surface area contributed by atoms with Crippen molar-refractivity contribution >= 4 is 22.6 Å². The van der Waals surface area contributed by atoms with Crippen molar-refractivity contribution in [1.82, 2.24) is 0 Å². The summed E-state index contributed by atoms with van der Waals surface area (Å²) in [6.07, 6.45) is 0. The Labute approximate surface area is 149 Å². The van der Waals surface area contributed by atoms with Gasteiger partial charge in [0, 0.05) is 29.2 Å². The average Bonchev–Trinajstić information content (AvgIpc) is 2.63. The lowest BCUT2D eigenvalue weighted by Gasteiger charge is -2.17. The van der Waals surface area contributed by atoms with Crippen molar-refractivity contribution in [3.63, 3.8) is 0 Å². The number of nitrogens with two attached hydrogens (primary N) is 2. The molecule has 0 aliphatic heterocycles. The largest absolute Gasteiger partial charge is 0.399 e. The van der Waals surface area contributed by atoms with Gasteiger partial charge < -0.3 is 16.8 Å². The number of rotatable bonds is 5. The third kappa shape index (κ3) is 3.50. The zero-order chi connectivity index (χ0) is 17.8. The van der Waals surface area contributed by atoms with Crippen LogP contribution in [0.5, 0.6) is 0 Å². The first-order chi connectivity index (χ1) is 12.1. The van der Waals surface area contributed by atoms with E-state index in [1.807, 2.05) is 54.6 Å². The highest BCUT2D eigenvalue weighted by molar-refractivity contribution is 5.93. The Balaban J connectivity index is 2.17. The molecule has 3 heteroatoms. The van der Waals surface area contributed by atoms with Crippen LogP contribution in [0.4, 0.5) is 17.1 Å². The number of nitrogens with one attached hydrogen (secondary N) is 1. The van der Waals surface area contributed by atoms with Crippen LogP contribution in [0.1, 0.15) is 18.1 Å². The van der Waals surface area contributed by atoms with Crippen molar-refractivity contribution in [2.24, 2.45) is 0 Å². The zero-order valence-corrected chi connectivity index (χ0v) is 14.4. The van der Waals surface area contributed by atoms with Crippen LogP contribution in [0, 0.1) is 0 Å². The summed E-state index contributed by atoms with van der Waals surface area (Å²) in [5.74, 6) is 0. The molecule has 0 bridgehead atoms. The maximum Gasteiger partial charge on any atom is 0.0440 e. The van der Waals surface area contributed by atoms with Gasteiger partial charge >= 0.3 is 0 Å². The maximum atomic E-state index is 6.07. The molecule has 3 nitrogen and oxygen atoms in total. The Morgan fingerprint density at radius 3 is 2.20 bits per heavy atom. The van der Waals surface area contributed by atoms with Gasteiger partial charge in [0.1, 0.15) is 0 Å². The minimum Gasteiger partial charge on any atom is -0.399 e. The number of anilines is 3. The van der Waals surface area contributed by atoms with E-state index in [0.717, 1.165) is 51.4 Å². The van der Waals surface area contributed by atoms with Crippen molar-refractivity contribution in [2.75, 3.05) is 23.3 Å². The van der Waals surface area contributed by atoms with E-state index in [1.165, 1.54) is 0 Å². The summed E-state index contributed by atoms with van der Waals surface area (Å²) in [7, 11) is 0. The van der Waals surface area contributed by atoms with E-state index >= 15 is 0 Å².